The third-order valence-corrected chi connectivity index (χ3v) is 3.43. The Morgan fingerprint density at radius 2 is 1.37 bits per heavy atom. The molecular formula is C14H23NO4. The van der Waals surface area contributed by atoms with Gasteiger partial charge in [-0.25, -0.2) is 0 Å². The van der Waals surface area contributed by atoms with E-state index in [0.717, 1.165) is 44.9 Å². The van der Waals surface area contributed by atoms with Crippen LogP contribution in [0.25, 0.3) is 0 Å². The summed E-state index contributed by atoms with van der Waals surface area (Å²) in [4.78, 5) is 34.3. The van der Waals surface area contributed by atoms with Crippen LogP contribution in [0, 0.1) is 0 Å². The van der Waals surface area contributed by atoms with Crippen LogP contribution in [0.5, 0.6) is 0 Å². The maximum absolute atomic E-state index is 11.3. The van der Waals surface area contributed by atoms with Gasteiger partial charge in [-0.15, -0.1) is 0 Å². The third kappa shape index (κ3) is 6.36. The summed E-state index contributed by atoms with van der Waals surface area (Å²) in [5.74, 6) is -0.780. The highest BCUT2D eigenvalue weighted by atomic mass is 16.4. The molecule has 1 rings (SSSR count). The van der Waals surface area contributed by atoms with Gasteiger partial charge in [0.25, 0.3) is 0 Å². The van der Waals surface area contributed by atoms with Crippen molar-refractivity contribution in [3.63, 3.8) is 0 Å². The number of nitrogens with zero attached hydrogens (tertiary/aromatic N) is 1. The second-order valence-corrected chi connectivity index (χ2v) is 5.06. The number of carboxylic acids is 1. The molecule has 0 atom stereocenters. The number of carboxylic acid groups (broad SMARTS) is 1. The van der Waals surface area contributed by atoms with Crippen LogP contribution in [0.15, 0.2) is 0 Å². The van der Waals surface area contributed by atoms with E-state index in [1.165, 1.54) is 4.90 Å². The predicted molar refractivity (Wildman–Crippen MR) is 70.5 cm³/mol. The first-order valence-corrected chi connectivity index (χ1v) is 7.16. The Labute approximate surface area is 114 Å². The van der Waals surface area contributed by atoms with Crippen molar-refractivity contribution in [3.05, 3.63) is 0 Å². The molecule has 1 aliphatic rings. The molecule has 1 saturated heterocycles. The van der Waals surface area contributed by atoms with Gasteiger partial charge >= 0.3 is 5.97 Å². The fourth-order valence-corrected chi connectivity index (χ4v) is 2.30. The second kappa shape index (κ2) is 8.67. The lowest BCUT2D eigenvalue weighted by atomic mass is 10.1. The standard InChI is InChI=1S/C14H23NO4/c16-12-9-10-13(17)15(12)11-7-5-3-1-2-4-6-8-14(18)19/h1-11H2,(H,18,19). The molecule has 0 unspecified atom stereocenters. The molecule has 1 aliphatic heterocycles. The number of hydrogen-bond acceptors (Lipinski definition) is 3. The van der Waals surface area contributed by atoms with Crippen LogP contribution in [-0.4, -0.2) is 34.3 Å². The van der Waals surface area contributed by atoms with Crippen molar-refractivity contribution in [1.29, 1.82) is 0 Å². The molecule has 0 saturated carbocycles. The topological polar surface area (TPSA) is 74.7 Å². The van der Waals surface area contributed by atoms with Gasteiger partial charge in [0.05, 0.1) is 0 Å². The van der Waals surface area contributed by atoms with Crippen LogP contribution in [-0.2, 0) is 14.4 Å². The highest BCUT2D eigenvalue weighted by molar-refractivity contribution is 6.01. The van der Waals surface area contributed by atoms with Crippen molar-refractivity contribution in [1.82, 2.24) is 4.90 Å². The van der Waals surface area contributed by atoms with Gasteiger partial charge in [-0.05, 0) is 12.8 Å². The van der Waals surface area contributed by atoms with E-state index in [0.29, 0.717) is 19.4 Å². The highest BCUT2D eigenvalue weighted by Gasteiger charge is 2.27. The zero-order chi connectivity index (χ0) is 14.1. The van der Waals surface area contributed by atoms with E-state index in [2.05, 4.69) is 0 Å². The zero-order valence-electron chi connectivity index (χ0n) is 11.4. The molecule has 1 heterocycles. The monoisotopic (exact) mass is 269 g/mol. The van der Waals surface area contributed by atoms with Gasteiger partial charge in [-0.3, -0.25) is 19.3 Å². The summed E-state index contributed by atoms with van der Waals surface area (Å²) in [5.41, 5.74) is 0. The number of aliphatic carboxylic acids is 1. The molecule has 0 bridgehead atoms. The molecule has 5 heteroatoms. The molecule has 2 amide bonds. The average molecular weight is 269 g/mol. The van der Waals surface area contributed by atoms with Crippen molar-refractivity contribution < 1.29 is 19.5 Å². The number of amides is 2. The van der Waals surface area contributed by atoms with E-state index in [1.54, 1.807) is 0 Å². The fraction of sp³-hybridized carbons (Fsp3) is 0.786. The van der Waals surface area contributed by atoms with Gasteiger partial charge in [0.15, 0.2) is 0 Å². The summed E-state index contributed by atoms with van der Waals surface area (Å²) in [6.07, 6.45) is 7.90. The molecule has 0 aromatic rings. The number of unbranched alkanes of at least 4 members (excludes halogenated alkanes) is 6. The summed E-state index contributed by atoms with van der Waals surface area (Å²) in [6, 6.07) is 0. The normalized spacial score (nSPS) is 15.3. The quantitative estimate of drug-likeness (QED) is 0.488. The highest BCUT2D eigenvalue weighted by Crippen LogP contribution is 2.14. The lowest BCUT2D eigenvalue weighted by molar-refractivity contribution is -0.139. The van der Waals surface area contributed by atoms with E-state index in [-0.39, 0.29) is 18.2 Å². The first kappa shape index (κ1) is 15.7. The predicted octanol–water partition coefficient (Wildman–Crippen LogP) is 2.34. The van der Waals surface area contributed by atoms with Gasteiger partial charge in [0.2, 0.25) is 11.8 Å². The van der Waals surface area contributed by atoms with Gasteiger partial charge < -0.3 is 5.11 Å². The van der Waals surface area contributed by atoms with E-state index < -0.39 is 5.97 Å². The Morgan fingerprint density at radius 1 is 0.895 bits per heavy atom. The van der Waals surface area contributed by atoms with Crippen molar-refractivity contribution in [2.75, 3.05) is 6.54 Å². The summed E-state index contributed by atoms with van der Waals surface area (Å²) < 4.78 is 0. The maximum atomic E-state index is 11.3. The van der Waals surface area contributed by atoms with E-state index in [4.69, 9.17) is 5.11 Å². The number of rotatable bonds is 10. The Bertz CT molecular complexity index is 311. The van der Waals surface area contributed by atoms with Crippen molar-refractivity contribution >= 4 is 17.8 Å². The molecule has 0 aliphatic carbocycles. The molecule has 0 radical (unpaired) electrons. The Morgan fingerprint density at radius 3 is 1.89 bits per heavy atom. The molecule has 1 fully saturated rings. The lowest BCUT2D eigenvalue weighted by Gasteiger charge is -2.12. The van der Waals surface area contributed by atoms with Crippen LogP contribution in [0.1, 0.15) is 64.2 Å². The molecule has 0 spiro atoms. The largest absolute Gasteiger partial charge is 0.481 e. The summed E-state index contributed by atoms with van der Waals surface area (Å²) in [7, 11) is 0. The Hall–Kier alpha value is -1.39. The summed E-state index contributed by atoms with van der Waals surface area (Å²) in [5, 5.41) is 8.47. The number of carbonyl (C=O) groups is 3. The minimum Gasteiger partial charge on any atom is -0.481 e. The number of likely N-dealkylation sites (tertiary alicyclic amines) is 1. The zero-order valence-corrected chi connectivity index (χ0v) is 11.4. The summed E-state index contributed by atoms with van der Waals surface area (Å²) >= 11 is 0. The Kier molecular flexibility index (Phi) is 7.15. The van der Waals surface area contributed by atoms with Gasteiger partial charge in [-0.1, -0.05) is 32.1 Å². The minimum atomic E-state index is -0.722. The molecule has 1 N–H and O–H groups in total. The maximum Gasteiger partial charge on any atom is 0.303 e. The van der Waals surface area contributed by atoms with Crippen LogP contribution >= 0.6 is 0 Å². The molecular weight excluding hydrogens is 246 g/mol. The van der Waals surface area contributed by atoms with E-state index in [9.17, 15) is 14.4 Å². The van der Waals surface area contributed by atoms with E-state index in [1.807, 2.05) is 0 Å². The van der Waals surface area contributed by atoms with Crippen molar-refractivity contribution in [2.45, 2.75) is 64.2 Å². The van der Waals surface area contributed by atoms with Gasteiger partial charge in [-0.2, -0.15) is 0 Å². The molecule has 5 nitrogen and oxygen atoms in total. The smallest absolute Gasteiger partial charge is 0.303 e. The van der Waals surface area contributed by atoms with Crippen molar-refractivity contribution in [2.24, 2.45) is 0 Å². The van der Waals surface area contributed by atoms with Crippen LogP contribution in [0.3, 0.4) is 0 Å². The Balaban J connectivity index is 1.90. The SMILES string of the molecule is O=C(O)CCCCCCCCCN1C(=O)CCC1=O. The molecule has 0 aromatic heterocycles. The molecule has 108 valence electrons. The number of carbonyl (C=O) groups excluding carboxylic acids is 2. The average Bonchev–Trinajstić information content (AvgIpc) is 2.67. The van der Waals surface area contributed by atoms with E-state index >= 15 is 0 Å². The number of imide groups is 1. The molecule has 19 heavy (non-hydrogen) atoms. The summed E-state index contributed by atoms with van der Waals surface area (Å²) in [6.45, 7) is 0.566. The first-order valence-electron chi connectivity index (χ1n) is 7.16. The van der Waals surface area contributed by atoms with Gasteiger partial charge in [0.1, 0.15) is 0 Å². The van der Waals surface area contributed by atoms with Gasteiger partial charge in [0, 0.05) is 25.8 Å². The van der Waals surface area contributed by atoms with Crippen LogP contribution < -0.4 is 0 Å². The van der Waals surface area contributed by atoms with Crippen molar-refractivity contribution in [3.8, 4) is 0 Å². The second-order valence-electron chi connectivity index (χ2n) is 5.06. The fourth-order valence-electron chi connectivity index (χ4n) is 2.30. The van der Waals surface area contributed by atoms with Crippen LogP contribution in [0.4, 0.5) is 0 Å². The molecule has 0 aromatic carbocycles. The lowest BCUT2D eigenvalue weighted by Crippen LogP contribution is -2.29. The number of hydrogen-bond donors (Lipinski definition) is 1. The third-order valence-electron chi connectivity index (χ3n) is 3.43. The van der Waals surface area contributed by atoms with Crippen LogP contribution in [0.2, 0.25) is 0 Å². The first-order chi connectivity index (χ1) is 9.11. The minimum absolute atomic E-state index is 0.0290.